The van der Waals surface area contributed by atoms with Crippen molar-refractivity contribution in [2.75, 3.05) is 6.54 Å². The van der Waals surface area contributed by atoms with Gasteiger partial charge in [0.1, 0.15) is 0 Å². The lowest BCUT2D eigenvalue weighted by Crippen LogP contribution is -2.59. The second-order valence-electron chi connectivity index (χ2n) is 5.70. The van der Waals surface area contributed by atoms with E-state index in [0.717, 1.165) is 12.5 Å². The Bertz CT molecular complexity index is 205. The Kier molecular flexibility index (Phi) is 4.22. The summed E-state index contributed by atoms with van der Waals surface area (Å²) >= 11 is 0. The highest BCUT2D eigenvalue weighted by Gasteiger charge is 2.31. The van der Waals surface area contributed by atoms with Crippen LogP contribution >= 0.6 is 0 Å². The summed E-state index contributed by atoms with van der Waals surface area (Å²) in [7, 11) is 0. The zero-order valence-corrected chi connectivity index (χ0v) is 10.8. The van der Waals surface area contributed by atoms with Gasteiger partial charge in [0.15, 0.2) is 0 Å². The minimum absolute atomic E-state index is 0.511. The summed E-state index contributed by atoms with van der Waals surface area (Å²) in [4.78, 5) is 0. The molecule has 94 valence electrons. The van der Waals surface area contributed by atoms with Gasteiger partial charge in [-0.2, -0.15) is 0 Å². The molecule has 2 fully saturated rings. The molecule has 1 saturated carbocycles. The summed E-state index contributed by atoms with van der Waals surface area (Å²) in [5, 5.41) is 2.47. The van der Waals surface area contributed by atoms with E-state index in [1.165, 1.54) is 38.5 Å². The molecule has 0 radical (unpaired) electrons. The third-order valence-corrected chi connectivity index (χ3v) is 4.48. The number of nitrogens with zero attached hydrogens (tertiary/aromatic N) is 1. The molecule has 0 amide bonds. The largest absolute Gasteiger partial charge is 0.329 e. The van der Waals surface area contributed by atoms with Gasteiger partial charge in [-0.15, -0.1) is 0 Å². The normalized spacial score (nSPS) is 34.7. The van der Waals surface area contributed by atoms with Crippen LogP contribution in [0.2, 0.25) is 0 Å². The van der Waals surface area contributed by atoms with Gasteiger partial charge in [0.05, 0.1) is 0 Å². The number of hydrogen-bond donors (Lipinski definition) is 2. The molecule has 3 unspecified atom stereocenters. The van der Waals surface area contributed by atoms with Crippen LogP contribution in [0, 0.1) is 5.92 Å². The van der Waals surface area contributed by atoms with E-state index in [1.807, 2.05) is 0 Å². The molecule has 3 heteroatoms. The molecule has 3 N–H and O–H groups in total. The lowest BCUT2D eigenvalue weighted by Gasteiger charge is -2.44. The fourth-order valence-corrected chi connectivity index (χ4v) is 3.06. The van der Waals surface area contributed by atoms with Crippen LogP contribution in [0.4, 0.5) is 0 Å². The average Bonchev–Trinajstić information content (AvgIpc) is 2.19. The van der Waals surface area contributed by atoms with E-state index >= 15 is 0 Å². The number of piperidine rings is 1. The van der Waals surface area contributed by atoms with Gasteiger partial charge >= 0.3 is 0 Å². The number of nitrogens with two attached hydrogens (primary N) is 1. The van der Waals surface area contributed by atoms with Crippen LogP contribution in [0.5, 0.6) is 0 Å². The summed E-state index contributed by atoms with van der Waals surface area (Å²) < 4.78 is 0. The van der Waals surface area contributed by atoms with Crippen LogP contribution in [0.1, 0.15) is 52.4 Å². The van der Waals surface area contributed by atoms with Crippen LogP contribution in [0.25, 0.3) is 0 Å². The van der Waals surface area contributed by atoms with Crippen molar-refractivity contribution in [1.82, 2.24) is 10.4 Å². The lowest BCUT2D eigenvalue weighted by atomic mass is 9.80. The standard InChI is InChI=1S/C13H27N3/c1-10-5-3-6-11(2)16(10)15-13(9-14)12-7-4-8-12/h10-13,15H,3-9,14H2,1-2H3. The van der Waals surface area contributed by atoms with Crippen molar-refractivity contribution in [3.05, 3.63) is 0 Å². The van der Waals surface area contributed by atoms with Crippen LogP contribution in [0.3, 0.4) is 0 Å². The Hall–Kier alpha value is -0.120. The maximum atomic E-state index is 5.90. The fourth-order valence-electron chi connectivity index (χ4n) is 3.06. The first kappa shape index (κ1) is 12.3. The summed E-state index contributed by atoms with van der Waals surface area (Å²) in [6, 6.07) is 1.84. The molecule has 0 bridgehead atoms. The highest BCUT2D eigenvalue weighted by atomic mass is 15.5. The quantitative estimate of drug-likeness (QED) is 0.767. The van der Waals surface area contributed by atoms with Gasteiger partial charge in [-0.1, -0.05) is 12.8 Å². The van der Waals surface area contributed by atoms with Gasteiger partial charge in [-0.05, 0) is 45.4 Å². The molecule has 0 aromatic rings. The Morgan fingerprint density at radius 1 is 1.12 bits per heavy atom. The Labute approximate surface area is 99.7 Å². The molecule has 0 aromatic carbocycles. The Morgan fingerprint density at radius 2 is 1.69 bits per heavy atom. The van der Waals surface area contributed by atoms with Gasteiger partial charge < -0.3 is 5.73 Å². The molecule has 0 spiro atoms. The van der Waals surface area contributed by atoms with Crippen LogP contribution in [-0.2, 0) is 0 Å². The molecule has 16 heavy (non-hydrogen) atoms. The molecule has 1 aliphatic heterocycles. The van der Waals surface area contributed by atoms with E-state index in [2.05, 4.69) is 24.3 Å². The zero-order valence-electron chi connectivity index (χ0n) is 10.8. The highest BCUT2D eigenvalue weighted by molar-refractivity contribution is 4.85. The molecule has 2 rings (SSSR count). The van der Waals surface area contributed by atoms with Crippen molar-refractivity contribution in [3.63, 3.8) is 0 Å². The number of hydrogen-bond acceptors (Lipinski definition) is 3. The molecule has 1 saturated heterocycles. The maximum Gasteiger partial charge on any atom is 0.0366 e. The first-order chi connectivity index (χ1) is 7.72. The van der Waals surface area contributed by atoms with E-state index in [9.17, 15) is 0 Å². The summed E-state index contributed by atoms with van der Waals surface area (Å²) in [6.07, 6.45) is 8.14. The Morgan fingerprint density at radius 3 is 2.12 bits per heavy atom. The second kappa shape index (κ2) is 5.48. The Balaban J connectivity index is 1.89. The second-order valence-corrected chi connectivity index (χ2v) is 5.70. The number of hydrazine groups is 1. The monoisotopic (exact) mass is 225 g/mol. The number of nitrogens with one attached hydrogen (secondary N) is 1. The maximum absolute atomic E-state index is 5.90. The minimum atomic E-state index is 0.511. The van der Waals surface area contributed by atoms with Gasteiger partial charge in [0.25, 0.3) is 0 Å². The van der Waals surface area contributed by atoms with Crippen LogP contribution in [0.15, 0.2) is 0 Å². The van der Waals surface area contributed by atoms with E-state index in [-0.39, 0.29) is 0 Å². The molecular weight excluding hydrogens is 198 g/mol. The third-order valence-electron chi connectivity index (χ3n) is 4.48. The minimum Gasteiger partial charge on any atom is -0.329 e. The summed E-state index contributed by atoms with van der Waals surface area (Å²) in [5.74, 6) is 0.825. The van der Waals surface area contributed by atoms with Gasteiger partial charge in [-0.25, -0.2) is 5.01 Å². The van der Waals surface area contributed by atoms with Crippen LogP contribution in [-0.4, -0.2) is 29.7 Å². The third kappa shape index (κ3) is 2.58. The molecule has 1 heterocycles. The SMILES string of the molecule is CC1CCCC(C)N1NC(CN)C1CCC1. The van der Waals surface area contributed by atoms with E-state index in [1.54, 1.807) is 0 Å². The predicted octanol–water partition coefficient (Wildman–Crippen LogP) is 1.88. The molecule has 3 atom stereocenters. The number of rotatable bonds is 4. The molecule has 0 aromatic heterocycles. The lowest BCUT2D eigenvalue weighted by molar-refractivity contribution is 0.0111. The fraction of sp³-hybridized carbons (Fsp3) is 1.00. The topological polar surface area (TPSA) is 41.3 Å². The van der Waals surface area contributed by atoms with Crippen LogP contribution < -0.4 is 11.2 Å². The van der Waals surface area contributed by atoms with Crippen molar-refractivity contribution < 1.29 is 0 Å². The summed E-state index contributed by atoms with van der Waals surface area (Å²) in [5.41, 5.74) is 9.62. The van der Waals surface area contributed by atoms with Crippen molar-refractivity contribution in [1.29, 1.82) is 0 Å². The van der Waals surface area contributed by atoms with Crippen molar-refractivity contribution in [2.24, 2.45) is 11.7 Å². The van der Waals surface area contributed by atoms with Crippen molar-refractivity contribution >= 4 is 0 Å². The zero-order chi connectivity index (χ0) is 11.5. The predicted molar refractivity (Wildman–Crippen MR) is 67.9 cm³/mol. The summed E-state index contributed by atoms with van der Waals surface area (Å²) in [6.45, 7) is 5.44. The van der Waals surface area contributed by atoms with Gasteiger partial charge in [0, 0.05) is 24.7 Å². The van der Waals surface area contributed by atoms with Gasteiger partial charge in [-0.3, -0.25) is 5.43 Å². The average molecular weight is 225 g/mol. The molecular formula is C13H27N3. The van der Waals surface area contributed by atoms with Gasteiger partial charge in [0.2, 0.25) is 0 Å². The van der Waals surface area contributed by atoms with E-state index in [4.69, 9.17) is 5.73 Å². The molecule has 1 aliphatic carbocycles. The van der Waals surface area contributed by atoms with E-state index in [0.29, 0.717) is 18.1 Å². The first-order valence-electron chi connectivity index (χ1n) is 6.97. The molecule has 2 aliphatic rings. The van der Waals surface area contributed by atoms with E-state index < -0.39 is 0 Å². The molecule has 3 nitrogen and oxygen atoms in total. The van der Waals surface area contributed by atoms with Crippen molar-refractivity contribution in [3.8, 4) is 0 Å². The smallest absolute Gasteiger partial charge is 0.0366 e. The van der Waals surface area contributed by atoms with Crippen molar-refractivity contribution in [2.45, 2.75) is 70.5 Å². The first-order valence-corrected chi connectivity index (χ1v) is 6.97. The highest BCUT2D eigenvalue weighted by Crippen LogP contribution is 2.30.